The lowest BCUT2D eigenvalue weighted by Gasteiger charge is -2.16. The van der Waals surface area contributed by atoms with Crippen LogP contribution in [-0.2, 0) is 0 Å². The summed E-state index contributed by atoms with van der Waals surface area (Å²) in [6.07, 6.45) is -0.294. The molecule has 2 aromatic rings. The minimum atomic E-state index is -0.990. The van der Waals surface area contributed by atoms with Gasteiger partial charge in [-0.15, -0.1) is 0 Å². The van der Waals surface area contributed by atoms with Crippen LogP contribution < -0.4 is 5.56 Å². The lowest BCUT2D eigenvalue weighted by Crippen LogP contribution is -2.19. The topological polar surface area (TPSA) is 73.3 Å². The average molecular weight is 251 g/mol. The molecule has 0 saturated carbocycles. The monoisotopic (exact) mass is 251 g/mol. The Bertz CT molecular complexity index is 581. The third kappa shape index (κ3) is 2.52. The third-order valence-electron chi connectivity index (χ3n) is 2.66. The van der Waals surface area contributed by atoms with E-state index in [0.29, 0.717) is 5.56 Å². The molecule has 0 aliphatic rings. The number of nitrogens with one attached hydrogen (secondary N) is 1. The Hall–Kier alpha value is -1.30. The van der Waals surface area contributed by atoms with Gasteiger partial charge < -0.3 is 15.2 Å². The number of aromatic nitrogens is 1. The van der Waals surface area contributed by atoms with Crippen molar-refractivity contribution in [2.24, 2.45) is 0 Å². The molecule has 0 spiro atoms. The highest BCUT2D eigenvalue weighted by Crippen LogP contribution is 2.21. The summed E-state index contributed by atoms with van der Waals surface area (Å²) in [5.41, 5.74) is 0.378. The van der Waals surface area contributed by atoms with Crippen molar-refractivity contribution in [3.63, 3.8) is 0 Å². The van der Waals surface area contributed by atoms with Crippen LogP contribution in [0.1, 0.15) is 11.7 Å². The van der Waals surface area contributed by atoms with Crippen molar-refractivity contribution in [2.75, 3.05) is 5.75 Å². The summed E-state index contributed by atoms with van der Waals surface area (Å²) in [6, 6.07) is 6.66. The lowest BCUT2D eigenvalue weighted by molar-refractivity contribution is 0.0338. The molecule has 17 heavy (non-hydrogen) atoms. The van der Waals surface area contributed by atoms with Crippen LogP contribution in [-0.4, -0.2) is 27.1 Å². The summed E-state index contributed by atoms with van der Waals surface area (Å²) in [7, 11) is 0. The first-order chi connectivity index (χ1) is 8.11. The van der Waals surface area contributed by atoms with Gasteiger partial charge in [0.25, 0.3) is 0 Å². The molecule has 0 saturated heterocycles. The molecule has 2 rings (SSSR count). The molecule has 90 valence electrons. The van der Waals surface area contributed by atoms with Crippen molar-refractivity contribution < 1.29 is 10.2 Å². The number of aliphatic hydroxyl groups excluding tert-OH is 2. The zero-order valence-corrected chi connectivity index (χ0v) is 9.89. The molecule has 1 aromatic heterocycles. The predicted molar refractivity (Wildman–Crippen MR) is 69.4 cm³/mol. The van der Waals surface area contributed by atoms with Crippen molar-refractivity contribution >= 4 is 23.4 Å². The molecule has 0 amide bonds. The number of fused-ring (bicyclic) bond motifs is 1. The molecule has 1 aromatic carbocycles. The smallest absolute Gasteiger partial charge is 0.248 e. The fourth-order valence-corrected chi connectivity index (χ4v) is 1.89. The van der Waals surface area contributed by atoms with Crippen molar-refractivity contribution in [3.8, 4) is 0 Å². The summed E-state index contributed by atoms with van der Waals surface area (Å²) in [4.78, 5) is 13.8. The maximum atomic E-state index is 11.2. The minimum absolute atomic E-state index is 0.175. The summed E-state index contributed by atoms with van der Waals surface area (Å²) in [6.45, 7) is 0. The highest BCUT2D eigenvalue weighted by molar-refractivity contribution is 7.80. The van der Waals surface area contributed by atoms with Gasteiger partial charge in [-0.1, -0.05) is 12.1 Å². The fraction of sp³-hybridized carbons (Fsp3) is 0.250. The van der Waals surface area contributed by atoms with Gasteiger partial charge in [-0.3, -0.25) is 4.79 Å². The van der Waals surface area contributed by atoms with Gasteiger partial charge in [0.1, 0.15) is 6.10 Å². The first-order valence-electron chi connectivity index (χ1n) is 5.21. The van der Waals surface area contributed by atoms with E-state index in [4.69, 9.17) is 0 Å². The first kappa shape index (κ1) is 12.2. The molecule has 0 aliphatic carbocycles. The van der Waals surface area contributed by atoms with E-state index < -0.39 is 12.2 Å². The largest absolute Gasteiger partial charge is 0.389 e. The van der Waals surface area contributed by atoms with Crippen LogP contribution in [0.4, 0.5) is 0 Å². The zero-order valence-electron chi connectivity index (χ0n) is 9.00. The normalized spacial score (nSPS) is 14.8. The van der Waals surface area contributed by atoms with E-state index in [1.807, 2.05) is 0 Å². The van der Waals surface area contributed by atoms with Gasteiger partial charge in [-0.25, -0.2) is 0 Å². The lowest BCUT2D eigenvalue weighted by atomic mass is 10.0. The third-order valence-corrected chi connectivity index (χ3v) is 3.03. The van der Waals surface area contributed by atoms with E-state index in [0.717, 1.165) is 10.8 Å². The minimum Gasteiger partial charge on any atom is -0.389 e. The molecule has 0 aliphatic heterocycles. The quantitative estimate of drug-likeness (QED) is 0.611. The van der Waals surface area contributed by atoms with Crippen LogP contribution in [0.3, 0.4) is 0 Å². The fourth-order valence-electron chi connectivity index (χ4n) is 1.69. The van der Waals surface area contributed by atoms with Gasteiger partial charge in [0, 0.05) is 18.0 Å². The molecule has 2 atom stereocenters. The predicted octanol–water partition coefficient (Wildman–Crippen LogP) is 0.852. The summed E-state index contributed by atoms with van der Waals surface area (Å²) >= 11 is 3.93. The molecule has 2 unspecified atom stereocenters. The number of hydrogen-bond donors (Lipinski definition) is 4. The number of pyridine rings is 1. The number of aliphatic hydroxyl groups is 2. The Kier molecular flexibility index (Phi) is 3.51. The van der Waals surface area contributed by atoms with Gasteiger partial charge in [0.05, 0.1) is 6.10 Å². The molecule has 0 fully saturated rings. The molecular formula is C12H13NO3S. The first-order valence-corrected chi connectivity index (χ1v) is 5.84. The number of hydrogen-bond acceptors (Lipinski definition) is 4. The van der Waals surface area contributed by atoms with Crippen molar-refractivity contribution in [3.05, 3.63) is 46.4 Å². The van der Waals surface area contributed by atoms with E-state index in [-0.39, 0.29) is 11.3 Å². The molecule has 0 radical (unpaired) electrons. The van der Waals surface area contributed by atoms with E-state index in [2.05, 4.69) is 17.6 Å². The summed E-state index contributed by atoms with van der Waals surface area (Å²) in [5, 5.41) is 21.0. The number of thiol groups is 1. The summed E-state index contributed by atoms with van der Waals surface area (Å²) in [5.74, 6) is 0.175. The number of aromatic amines is 1. The van der Waals surface area contributed by atoms with Gasteiger partial charge in [-0.2, -0.15) is 12.6 Å². The zero-order chi connectivity index (χ0) is 12.4. The van der Waals surface area contributed by atoms with E-state index in [1.54, 1.807) is 24.4 Å². The van der Waals surface area contributed by atoms with Crippen LogP contribution in [0.2, 0.25) is 0 Å². The maximum absolute atomic E-state index is 11.2. The van der Waals surface area contributed by atoms with Gasteiger partial charge in [-0.05, 0) is 22.4 Å². The van der Waals surface area contributed by atoms with Gasteiger partial charge in [0.15, 0.2) is 0 Å². The number of H-pyrrole nitrogens is 1. The Morgan fingerprint density at radius 2 is 2.00 bits per heavy atom. The molecule has 5 heteroatoms. The van der Waals surface area contributed by atoms with Crippen LogP contribution in [0.15, 0.2) is 35.3 Å². The Morgan fingerprint density at radius 3 is 2.71 bits per heavy atom. The Labute approximate surface area is 103 Å². The van der Waals surface area contributed by atoms with Crippen LogP contribution in [0.5, 0.6) is 0 Å². The van der Waals surface area contributed by atoms with Gasteiger partial charge in [0.2, 0.25) is 5.56 Å². The second kappa shape index (κ2) is 4.91. The average Bonchev–Trinajstić information content (AvgIpc) is 2.36. The van der Waals surface area contributed by atoms with Crippen molar-refractivity contribution in [1.82, 2.24) is 4.98 Å². The number of benzene rings is 1. The van der Waals surface area contributed by atoms with Crippen LogP contribution >= 0.6 is 12.6 Å². The second-order valence-corrected chi connectivity index (χ2v) is 4.25. The second-order valence-electron chi connectivity index (χ2n) is 3.88. The van der Waals surface area contributed by atoms with Crippen LogP contribution in [0, 0.1) is 0 Å². The van der Waals surface area contributed by atoms with Crippen molar-refractivity contribution in [1.29, 1.82) is 0 Å². The standard InChI is InChI=1S/C12H13NO3S/c14-10(6-17)12(16)7-1-2-8-5-13-11(15)4-9(8)3-7/h1-5,10,12,14,16-17H,6H2,(H,13,15). The van der Waals surface area contributed by atoms with E-state index in [1.165, 1.54) is 6.07 Å². The van der Waals surface area contributed by atoms with Gasteiger partial charge >= 0.3 is 0 Å². The summed E-state index contributed by atoms with van der Waals surface area (Å²) < 4.78 is 0. The molecule has 0 bridgehead atoms. The van der Waals surface area contributed by atoms with Crippen LogP contribution in [0.25, 0.3) is 10.8 Å². The molecular weight excluding hydrogens is 238 g/mol. The Balaban J connectivity index is 2.46. The van der Waals surface area contributed by atoms with E-state index in [9.17, 15) is 15.0 Å². The molecule has 3 N–H and O–H groups in total. The van der Waals surface area contributed by atoms with Crippen molar-refractivity contribution in [2.45, 2.75) is 12.2 Å². The highest BCUT2D eigenvalue weighted by Gasteiger charge is 2.16. The molecule has 1 heterocycles. The highest BCUT2D eigenvalue weighted by atomic mass is 32.1. The SMILES string of the molecule is O=c1cc2cc(C(O)C(O)CS)ccc2c[nH]1. The maximum Gasteiger partial charge on any atom is 0.248 e. The Morgan fingerprint density at radius 1 is 1.24 bits per heavy atom. The van der Waals surface area contributed by atoms with E-state index >= 15 is 0 Å². The molecule has 4 nitrogen and oxygen atoms in total. The number of rotatable bonds is 3.